The van der Waals surface area contributed by atoms with Crippen LogP contribution in [0.4, 0.5) is 4.79 Å². The summed E-state index contributed by atoms with van der Waals surface area (Å²) in [4.78, 5) is 21.2. The molecule has 1 aliphatic heterocycles. The zero-order chi connectivity index (χ0) is 7.78. The molecule has 1 heterocycles. The molecule has 1 unspecified atom stereocenters. The number of nitrogens with one attached hydrogen (secondary N) is 1. The van der Waals surface area contributed by atoms with Gasteiger partial charge >= 0.3 is 6.09 Å². The quantitative estimate of drug-likeness (QED) is 0.530. The maximum atomic E-state index is 10.8. The molecule has 10 heavy (non-hydrogen) atoms. The summed E-state index contributed by atoms with van der Waals surface area (Å²) in [7, 11) is 0. The van der Waals surface area contributed by atoms with E-state index in [-0.39, 0.29) is 0 Å². The smallest absolute Gasteiger partial charge is 0.415 e. The number of carbonyl (C=O) groups excluding carboxylic acids is 2. The number of ether oxygens (including phenoxy) is 1. The highest BCUT2D eigenvalue weighted by molar-refractivity contribution is 6.03. The molecule has 1 atom stereocenters. The fourth-order valence-electron chi connectivity index (χ4n) is 0.616. The first-order valence-electron chi connectivity index (χ1n) is 2.76. The molecule has 0 aromatic rings. The van der Waals surface area contributed by atoms with E-state index in [2.05, 4.69) is 11.3 Å². The summed E-state index contributed by atoms with van der Waals surface area (Å²) in [6, 6.07) is 0. The molecule has 0 radical (unpaired) electrons. The van der Waals surface area contributed by atoms with Gasteiger partial charge in [-0.1, -0.05) is 6.58 Å². The van der Waals surface area contributed by atoms with E-state index in [1.807, 2.05) is 5.32 Å². The third-order valence-electron chi connectivity index (χ3n) is 1.36. The van der Waals surface area contributed by atoms with Gasteiger partial charge in [-0.25, -0.2) is 4.79 Å². The van der Waals surface area contributed by atoms with Crippen LogP contribution in [0.2, 0.25) is 0 Å². The van der Waals surface area contributed by atoms with Crippen molar-refractivity contribution in [3.8, 4) is 0 Å². The Kier molecular flexibility index (Phi) is 1.24. The molecule has 0 aromatic heterocycles. The third-order valence-corrected chi connectivity index (χ3v) is 1.36. The Hall–Kier alpha value is -1.32. The van der Waals surface area contributed by atoms with Gasteiger partial charge in [0.2, 0.25) is 5.60 Å². The van der Waals surface area contributed by atoms with Gasteiger partial charge in [-0.15, -0.1) is 0 Å². The van der Waals surface area contributed by atoms with Crippen LogP contribution in [0.25, 0.3) is 0 Å². The van der Waals surface area contributed by atoms with Crippen molar-refractivity contribution in [1.82, 2.24) is 5.32 Å². The zero-order valence-electron chi connectivity index (χ0n) is 5.51. The Morgan fingerprint density at radius 1 is 1.70 bits per heavy atom. The Balaban J connectivity index is 2.90. The maximum Gasteiger partial charge on any atom is 0.415 e. The fraction of sp³-hybridized carbons (Fsp3) is 0.333. The van der Waals surface area contributed by atoms with Crippen molar-refractivity contribution < 1.29 is 14.3 Å². The lowest BCUT2D eigenvalue weighted by molar-refractivity contribution is -0.126. The predicted octanol–water partition coefficient (Wildman–Crippen LogP) is 0.197. The topological polar surface area (TPSA) is 55.4 Å². The minimum absolute atomic E-state index is 0.465. The van der Waals surface area contributed by atoms with Gasteiger partial charge in [-0.3, -0.25) is 10.1 Å². The largest absolute Gasteiger partial charge is 0.428 e. The number of amides is 2. The molecule has 1 N–H and O–H groups in total. The molecule has 0 bridgehead atoms. The minimum atomic E-state index is -1.17. The highest BCUT2D eigenvalue weighted by Gasteiger charge is 2.41. The van der Waals surface area contributed by atoms with Crippen molar-refractivity contribution in [2.45, 2.75) is 12.5 Å². The molecule has 0 spiro atoms. The second-order valence-electron chi connectivity index (χ2n) is 2.15. The van der Waals surface area contributed by atoms with Crippen molar-refractivity contribution in [2.24, 2.45) is 0 Å². The predicted molar refractivity (Wildman–Crippen MR) is 33.2 cm³/mol. The summed E-state index contributed by atoms with van der Waals surface area (Å²) in [6.45, 7) is 4.83. The first-order valence-corrected chi connectivity index (χ1v) is 2.76. The van der Waals surface area contributed by atoms with Gasteiger partial charge in [-0.05, 0) is 13.0 Å². The second kappa shape index (κ2) is 1.83. The van der Waals surface area contributed by atoms with E-state index in [9.17, 15) is 9.59 Å². The van der Waals surface area contributed by atoms with Gasteiger partial charge in [0.25, 0.3) is 5.91 Å². The van der Waals surface area contributed by atoms with Gasteiger partial charge in [0.1, 0.15) is 0 Å². The monoisotopic (exact) mass is 141 g/mol. The normalized spacial score (nSPS) is 31.3. The zero-order valence-corrected chi connectivity index (χ0v) is 5.51. The summed E-state index contributed by atoms with van der Waals surface area (Å²) in [6.07, 6.45) is 0.570. The van der Waals surface area contributed by atoms with Crippen molar-refractivity contribution >= 4 is 12.0 Å². The molecular weight excluding hydrogens is 134 g/mol. The van der Waals surface area contributed by atoms with Crippen LogP contribution in [0.15, 0.2) is 12.7 Å². The molecule has 4 nitrogen and oxygen atoms in total. The first kappa shape index (κ1) is 6.80. The maximum absolute atomic E-state index is 10.8. The number of hydrogen-bond acceptors (Lipinski definition) is 3. The molecule has 1 fully saturated rings. The average Bonchev–Trinajstić information content (AvgIpc) is 2.09. The summed E-state index contributed by atoms with van der Waals surface area (Å²) in [5.41, 5.74) is -1.17. The van der Waals surface area contributed by atoms with Crippen molar-refractivity contribution in [1.29, 1.82) is 0 Å². The molecular formula is C6H7NO3. The first-order chi connectivity index (χ1) is 4.58. The van der Waals surface area contributed by atoms with E-state index >= 15 is 0 Å². The summed E-state index contributed by atoms with van der Waals surface area (Å²) >= 11 is 0. The molecule has 0 saturated carbocycles. The van der Waals surface area contributed by atoms with E-state index in [0.717, 1.165) is 0 Å². The second-order valence-corrected chi connectivity index (χ2v) is 2.15. The summed E-state index contributed by atoms with van der Waals surface area (Å²) in [5, 5.41) is 1.99. The standard InChI is InChI=1S/C6H7NO3/c1-3-6(2)4(8)7-5(9)10-6/h3H,1H2,2H3,(H,7,8,9). The van der Waals surface area contributed by atoms with Crippen molar-refractivity contribution in [3.63, 3.8) is 0 Å². The van der Waals surface area contributed by atoms with Gasteiger partial charge in [0.05, 0.1) is 0 Å². The van der Waals surface area contributed by atoms with Crippen molar-refractivity contribution in [3.05, 3.63) is 12.7 Å². The van der Waals surface area contributed by atoms with Crippen LogP contribution >= 0.6 is 0 Å². The van der Waals surface area contributed by atoms with Crippen LogP contribution in [-0.4, -0.2) is 17.6 Å². The molecule has 0 aliphatic carbocycles. The van der Waals surface area contributed by atoms with Crippen molar-refractivity contribution in [2.75, 3.05) is 0 Å². The van der Waals surface area contributed by atoms with E-state index in [4.69, 9.17) is 0 Å². The third kappa shape index (κ3) is 0.775. The van der Waals surface area contributed by atoms with Gasteiger partial charge in [0.15, 0.2) is 0 Å². The van der Waals surface area contributed by atoms with Crippen LogP contribution in [-0.2, 0) is 9.53 Å². The lowest BCUT2D eigenvalue weighted by Gasteiger charge is -2.11. The molecule has 4 heteroatoms. The van der Waals surface area contributed by atoms with E-state index in [1.165, 1.54) is 13.0 Å². The fourth-order valence-corrected chi connectivity index (χ4v) is 0.616. The molecule has 0 aromatic carbocycles. The Morgan fingerprint density at radius 3 is 2.50 bits per heavy atom. The molecule has 1 rings (SSSR count). The summed E-state index contributed by atoms with van der Waals surface area (Å²) < 4.78 is 4.59. The Bertz CT molecular complexity index is 211. The van der Waals surface area contributed by atoms with Gasteiger partial charge in [-0.2, -0.15) is 0 Å². The Labute approximate surface area is 57.9 Å². The number of carbonyl (C=O) groups is 2. The van der Waals surface area contributed by atoms with Crippen LogP contribution in [0.3, 0.4) is 0 Å². The van der Waals surface area contributed by atoms with Crippen LogP contribution in [0.1, 0.15) is 6.92 Å². The molecule has 1 aliphatic rings. The highest BCUT2D eigenvalue weighted by atomic mass is 16.6. The van der Waals surface area contributed by atoms with Crippen LogP contribution in [0, 0.1) is 0 Å². The average molecular weight is 141 g/mol. The number of alkyl carbamates (subject to hydrolysis) is 1. The van der Waals surface area contributed by atoms with Gasteiger partial charge < -0.3 is 4.74 Å². The molecule has 54 valence electrons. The lowest BCUT2D eigenvalue weighted by Crippen LogP contribution is -2.33. The number of hydrogen-bond donors (Lipinski definition) is 1. The molecule has 2 amide bonds. The van der Waals surface area contributed by atoms with E-state index < -0.39 is 17.6 Å². The van der Waals surface area contributed by atoms with E-state index in [1.54, 1.807) is 0 Å². The number of rotatable bonds is 1. The molecule has 1 saturated heterocycles. The Morgan fingerprint density at radius 2 is 2.30 bits per heavy atom. The number of imide groups is 1. The SMILES string of the molecule is C=CC1(C)OC(=O)NC1=O. The van der Waals surface area contributed by atoms with Crippen LogP contribution < -0.4 is 5.32 Å². The van der Waals surface area contributed by atoms with Gasteiger partial charge in [0, 0.05) is 0 Å². The lowest BCUT2D eigenvalue weighted by atomic mass is 10.1. The summed E-state index contributed by atoms with van der Waals surface area (Å²) in [5.74, 6) is -0.465. The highest BCUT2D eigenvalue weighted by Crippen LogP contribution is 2.16. The minimum Gasteiger partial charge on any atom is -0.428 e. The number of cyclic esters (lactones) is 1. The van der Waals surface area contributed by atoms with E-state index in [0.29, 0.717) is 0 Å². The van der Waals surface area contributed by atoms with Crippen LogP contribution in [0.5, 0.6) is 0 Å².